The molecular formula is C12H14N4O. The first-order valence-electron chi connectivity index (χ1n) is 5.79. The summed E-state index contributed by atoms with van der Waals surface area (Å²) < 4.78 is 3.78. The second-order valence-corrected chi connectivity index (χ2v) is 4.45. The minimum atomic E-state index is 0.267. The first-order valence-corrected chi connectivity index (χ1v) is 5.79. The lowest BCUT2D eigenvalue weighted by molar-refractivity contribution is 0.0973. The molecule has 0 saturated heterocycles. The average Bonchev–Trinajstić information content (AvgIpc) is 2.87. The Morgan fingerprint density at radius 1 is 1.35 bits per heavy atom. The SMILES string of the molecule is Cn1ncnc1Cn1cc2c(c1)C(=O)CCC2. The van der Waals surface area contributed by atoms with Crippen LogP contribution in [0.1, 0.15) is 34.6 Å². The highest BCUT2D eigenvalue weighted by Gasteiger charge is 2.19. The Morgan fingerprint density at radius 2 is 2.24 bits per heavy atom. The number of ketones is 1. The third kappa shape index (κ3) is 1.77. The zero-order valence-corrected chi connectivity index (χ0v) is 9.76. The van der Waals surface area contributed by atoms with Crippen molar-refractivity contribution in [3.05, 3.63) is 35.7 Å². The highest BCUT2D eigenvalue weighted by Crippen LogP contribution is 2.22. The van der Waals surface area contributed by atoms with Gasteiger partial charge in [-0.05, 0) is 18.4 Å². The van der Waals surface area contributed by atoms with E-state index >= 15 is 0 Å². The van der Waals surface area contributed by atoms with Gasteiger partial charge < -0.3 is 4.57 Å². The van der Waals surface area contributed by atoms with Gasteiger partial charge in [0.25, 0.3) is 0 Å². The first kappa shape index (κ1) is 10.3. The monoisotopic (exact) mass is 230 g/mol. The molecule has 3 rings (SSSR count). The third-order valence-corrected chi connectivity index (χ3v) is 3.24. The molecule has 1 aliphatic carbocycles. The molecule has 1 aliphatic rings. The molecule has 17 heavy (non-hydrogen) atoms. The summed E-state index contributed by atoms with van der Waals surface area (Å²) in [6.45, 7) is 0.663. The van der Waals surface area contributed by atoms with Gasteiger partial charge in [0.15, 0.2) is 5.78 Å². The number of aryl methyl sites for hydroxylation is 2. The molecule has 2 heterocycles. The van der Waals surface area contributed by atoms with Gasteiger partial charge in [0.1, 0.15) is 12.2 Å². The van der Waals surface area contributed by atoms with E-state index in [0.29, 0.717) is 13.0 Å². The maximum atomic E-state index is 11.7. The molecule has 0 fully saturated rings. The summed E-state index contributed by atoms with van der Waals surface area (Å²) in [5, 5.41) is 4.03. The van der Waals surface area contributed by atoms with E-state index in [1.54, 1.807) is 11.0 Å². The summed E-state index contributed by atoms with van der Waals surface area (Å²) in [7, 11) is 1.87. The number of hydrogen-bond donors (Lipinski definition) is 0. The lowest BCUT2D eigenvalue weighted by atomic mass is 9.95. The zero-order chi connectivity index (χ0) is 11.8. The van der Waals surface area contributed by atoms with Crippen LogP contribution in [0.15, 0.2) is 18.7 Å². The maximum absolute atomic E-state index is 11.7. The van der Waals surface area contributed by atoms with Gasteiger partial charge in [-0.2, -0.15) is 5.10 Å². The van der Waals surface area contributed by atoms with Crippen LogP contribution in [-0.4, -0.2) is 25.1 Å². The molecule has 0 aliphatic heterocycles. The summed E-state index contributed by atoms with van der Waals surface area (Å²) >= 11 is 0. The Morgan fingerprint density at radius 3 is 2.94 bits per heavy atom. The second-order valence-electron chi connectivity index (χ2n) is 4.45. The fourth-order valence-corrected chi connectivity index (χ4v) is 2.30. The highest BCUT2D eigenvalue weighted by molar-refractivity contribution is 5.98. The molecule has 2 aromatic heterocycles. The van der Waals surface area contributed by atoms with E-state index in [1.165, 1.54) is 5.56 Å². The van der Waals surface area contributed by atoms with E-state index in [2.05, 4.69) is 16.3 Å². The lowest BCUT2D eigenvalue weighted by Gasteiger charge is -2.07. The Kier molecular flexibility index (Phi) is 2.31. The minimum absolute atomic E-state index is 0.267. The molecule has 0 unspecified atom stereocenters. The number of hydrogen-bond acceptors (Lipinski definition) is 3. The molecule has 5 heteroatoms. The van der Waals surface area contributed by atoms with E-state index in [1.807, 2.05) is 17.8 Å². The van der Waals surface area contributed by atoms with Crippen LogP contribution >= 0.6 is 0 Å². The van der Waals surface area contributed by atoms with Gasteiger partial charge in [0.05, 0.1) is 6.54 Å². The quantitative estimate of drug-likeness (QED) is 0.778. The average molecular weight is 230 g/mol. The largest absolute Gasteiger partial charge is 0.346 e. The number of carbonyl (C=O) groups excluding carboxylic acids is 1. The van der Waals surface area contributed by atoms with E-state index in [4.69, 9.17) is 0 Å². The maximum Gasteiger partial charge on any atom is 0.164 e. The molecule has 0 aromatic carbocycles. The number of Topliss-reactive ketones (excluding diaryl/α,β-unsaturated/α-hetero) is 1. The van der Waals surface area contributed by atoms with Crippen LogP contribution in [0.2, 0.25) is 0 Å². The standard InChI is InChI=1S/C12H14N4O/c1-15-12(13-8-14-15)7-16-5-9-3-2-4-11(17)10(9)6-16/h5-6,8H,2-4,7H2,1H3. The van der Waals surface area contributed by atoms with Crippen molar-refractivity contribution in [1.29, 1.82) is 0 Å². The molecule has 0 bridgehead atoms. The fourth-order valence-electron chi connectivity index (χ4n) is 2.30. The Labute approximate surface area is 99.1 Å². The molecule has 88 valence electrons. The number of rotatable bonds is 2. The lowest BCUT2D eigenvalue weighted by Crippen LogP contribution is -2.07. The van der Waals surface area contributed by atoms with E-state index in [-0.39, 0.29) is 5.78 Å². The number of aromatic nitrogens is 4. The summed E-state index contributed by atoms with van der Waals surface area (Å²) in [4.78, 5) is 15.9. The molecule has 0 radical (unpaired) electrons. The van der Waals surface area contributed by atoms with Crippen LogP contribution in [0.4, 0.5) is 0 Å². The van der Waals surface area contributed by atoms with Gasteiger partial charge in [0, 0.05) is 31.4 Å². The Bertz CT molecular complexity index is 567. The molecule has 0 N–H and O–H groups in total. The molecular weight excluding hydrogens is 216 g/mol. The van der Waals surface area contributed by atoms with Crippen LogP contribution in [0, 0.1) is 0 Å². The van der Waals surface area contributed by atoms with Crippen molar-refractivity contribution in [2.75, 3.05) is 0 Å². The van der Waals surface area contributed by atoms with Gasteiger partial charge in [-0.25, -0.2) is 4.98 Å². The fraction of sp³-hybridized carbons (Fsp3) is 0.417. The van der Waals surface area contributed by atoms with Gasteiger partial charge in [-0.3, -0.25) is 9.48 Å². The number of carbonyl (C=O) groups is 1. The predicted octanol–water partition coefficient (Wildman–Crippen LogP) is 1.18. The summed E-state index contributed by atoms with van der Waals surface area (Å²) in [5.74, 6) is 1.16. The van der Waals surface area contributed by atoms with Gasteiger partial charge in [-0.1, -0.05) is 0 Å². The molecule has 0 spiro atoms. The predicted molar refractivity (Wildman–Crippen MR) is 61.8 cm³/mol. The van der Waals surface area contributed by atoms with E-state index in [0.717, 1.165) is 24.2 Å². The first-order chi connectivity index (χ1) is 8.24. The number of fused-ring (bicyclic) bond motifs is 1. The Balaban J connectivity index is 1.90. The van der Waals surface area contributed by atoms with Crippen LogP contribution in [0.3, 0.4) is 0 Å². The molecule has 5 nitrogen and oxygen atoms in total. The second kappa shape index (κ2) is 3.84. The molecule has 0 atom stereocenters. The van der Waals surface area contributed by atoms with E-state index in [9.17, 15) is 4.79 Å². The minimum Gasteiger partial charge on any atom is -0.346 e. The van der Waals surface area contributed by atoms with Crippen LogP contribution in [0.5, 0.6) is 0 Å². The molecule has 0 amide bonds. The normalized spacial score (nSPS) is 15.0. The summed E-state index contributed by atoms with van der Waals surface area (Å²) in [6.07, 6.45) is 8.20. The third-order valence-electron chi connectivity index (χ3n) is 3.24. The van der Waals surface area contributed by atoms with Crippen molar-refractivity contribution in [1.82, 2.24) is 19.3 Å². The van der Waals surface area contributed by atoms with Crippen molar-refractivity contribution in [2.24, 2.45) is 7.05 Å². The summed E-state index contributed by atoms with van der Waals surface area (Å²) in [5.41, 5.74) is 2.06. The topological polar surface area (TPSA) is 52.7 Å². The zero-order valence-electron chi connectivity index (χ0n) is 9.76. The van der Waals surface area contributed by atoms with E-state index < -0.39 is 0 Å². The van der Waals surface area contributed by atoms with Gasteiger partial charge >= 0.3 is 0 Å². The van der Waals surface area contributed by atoms with Gasteiger partial charge in [-0.15, -0.1) is 0 Å². The van der Waals surface area contributed by atoms with Crippen molar-refractivity contribution in [3.8, 4) is 0 Å². The smallest absolute Gasteiger partial charge is 0.164 e. The van der Waals surface area contributed by atoms with Crippen LogP contribution in [0.25, 0.3) is 0 Å². The number of nitrogens with zero attached hydrogens (tertiary/aromatic N) is 4. The summed E-state index contributed by atoms with van der Waals surface area (Å²) in [6, 6.07) is 0. The highest BCUT2D eigenvalue weighted by atomic mass is 16.1. The van der Waals surface area contributed by atoms with Crippen LogP contribution in [-0.2, 0) is 20.0 Å². The van der Waals surface area contributed by atoms with Crippen molar-refractivity contribution >= 4 is 5.78 Å². The molecule has 2 aromatic rings. The van der Waals surface area contributed by atoms with Crippen molar-refractivity contribution < 1.29 is 4.79 Å². The Hall–Kier alpha value is -1.91. The van der Waals surface area contributed by atoms with Crippen molar-refractivity contribution in [3.63, 3.8) is 0 Å². The van der Waals surface area contributed by atoms with Crippen molar-refractivity contribution in [2.45, 2.75) is 25.8 Å². The molecule has 0 saturated carbocycles. The van der Waals surface area contributed by atoms with Gasteiger partial charge in [0.2, 0.25) is 0 Å². The van der Waals surface area contributed by atoms with Crippen LogP contribution < -0.4 is 0 Å².